The zero-order chi connectivity index (χ0) is 15.0. The Hall–Kier alpha value is -1.12. The van der Waals surface area contributed by atoms with Crippen LogP contribution in [0.15, 0.2) is 12.2 Å². The minimum Gasteiger partial charge on any atom is -0.462 e. The van der Waals surface area contributed by atoms with E-state index in [1.54, 1.807) is 0 Å². The second-order valence-corrected chi connectivity index (χ2v) is 6.80. The Balaban J connectivity index is 2.28. The summed E-state index contributed by atoms with van der Waals surface area (Å²) in [6.07, 6.45) is 2.41. The molecule has 0 aliphatic heterocycles. The fourth-order valence-electron chi connectivity index (χ4n) is 4.35. The third-order valence-corrected chi connectivity index (χ3v) is 5.20. The molecule has 5 atom stereocenters. The smallest absolute Gasteiger partial charge is 0.302 e. The maximum atomic E-state index is 12.4. The molecule has 20 heavy (non-hydrogen) atoms. The van der Waals surface area contributed by atoms with Crippen molar-refractivity contribution in [3.63, 3.8) is 0 Å². The highest BCUT2D eigenvalue weighted by molar-refractivity contribution is 5.85. The maximum absolute atomic E-state index is 12.4. The van der Waals surface area contributed by atoms with Crippen molar-refractivity contribution in [3.05, 3.63) is 12.2 Å². The van der Waals surface area contributed by atoms with Crippen molar-refractivity contribution in [2.45, 2.75) is 53.1 Å². The van der Waals surface area contributed by atoms with Gasteiger partial charge in [0, 0.05) is 13.3 Å². The minimum atomic E-state index is -0.317. The summed E-state index contributed by atoms with van der Waals surface area (Å²) < 4.78 is 5.33. The zero-order valence-corrected chi connectivity index (χ0v) is 13.0. The summed E-state index contributed by atoms with van der Waals surface area (Å²) in [7, 11) is 0. The molecule has 0 heterocycles. The molecule has 0 radical (unpaired) electrons. The number of hydrogen-bond acceptors (Lipinski definition) is 3. The lowest BCUT2D eigenvalue weighted by Gasteiger charge is -2.41. The third-order valence-electron chi connectivity index (χ3n) is 5.20. The van der Waals surface area contributed by atoms with Gasteiger partial charge in [-0.2, -0.15) is 0 Å². The molecule has 0 saturated heterocycles. The number of allylic oxidation sites excluding steroid dienone is 1. The zero-order valence-electron chi connectivity index (χ0n) is 13.0. The third kappa shape index (κ3) is 2.68. The van der Waals surface area contributed by atoms with Gasteiger partial charge in [-0.1, -0.05) is 26.0 Å². The summed E-state index contributed by atoms with van der Waals surface area (Å²) in [6, 6.07) is 0. The second-order valence-electron chi connectivity index (χ2n) is 6.80. The van der Waals surface area contributed by atoms with E-state index in [-0.39, 0.29) is 23.8 Å². The van der Waals surface area contributed by atoms with Gasteiger partial charge in [0.1, 0.15) is 11.9 Å². The number of carbonyl (C=O) groups is 2. The first kappa shape index (κ1) is 15.3. The lowest BCUT2D eigenvalue weighted by Crippen LogP contribution is -2.39. The number of carbonyl (C=O) groups excluding carboxylic acids is 2. The Morgan fingerprint density at radius 3 is 2.55 bits per heavy atom. The van der Waals surface area contributed by atoms with E-state index in [0.29, 0.717) is 30.1 Å². The van der Waals surface area contributed by atoms with E-state index in [0.717, 1.165) is 12.8 Å². The van der Waals surface area contributed by atoms with E-state index in [1.165, 1.54) is 12.5 Å². The Bertz CT molecular complexity index is 424. The van der Waals surface area contributed by atoms with Crippen molar-refractivity contribution in [2.24, 2.45) is 29.6 Å². The number of ether oxygens (including phenoxy) is 1. The molecule has 0 bridgehead atoms. The van der Waals surface area contributed by atoms with E-state index in [4.69, 9.17) is 4.74 Å². The molecule has 2 aliphatic carbocycles. The molecule has 2 aliphatic rings. The Morgan fingerprint density at radius 1 is 1.35 bits per heavy atom. The van der Waals surface area contributed by atoms with E-state index < -0.39 is 0 Å². The minimum absolute atomic E-state index is 0.145. The van der Waals surface area contributed by atoms with Crippen LogP contribution >= 0.6 is 0 Å². The van der Waals surface area contributed by atoms with Crippen LogP contribution in [0.25, 0.3) is 0 Å². The van der Waals surface area contributed by atoms with Gasteiger partial charge in [0.25, 0.3) is 0 Å². The monoisotopic (exact) mass is 278 g/mol. The molecular formula is C17H26O3. The Kier molecular flexibility index (Phi) is 4.36. The predicted octanol–water partition coefficient (Wildman–Crippen LogP) is 3.38. The lowest BCUT2D eigenvalue weighted by atomic mass is 9.64. The maximum Gasteiger partial charge on any atom is 0.302 e. The van der Waals surface area contributed by atoms with Crippen LogP contribution in [-0.4, -0.2) is 17.9 Å². The first-order chi connectivity index (χ1) is 9.32. The van der Waals surface area contributed by atoms with Crippen molar-refractivity contribution >= 4 is 11.8 Å². The largest absolute Gasteiger partial charge is 0.462 e. The van der Waals surface area contributed by atoms with E-state index in [1.807, 2.05) is 6.92 Å². The topological polar surface area (TPSA) is 43.4 Å². The van der Waals surface area contributed by atoms with E-state index >= 15 is 0 Å². The molecule has 2 fully saturated rings. The molecule has 0 aromatic carbocycles. The molecule has 112 valence electrons. The summed E-state index contributed by atoms with van der Waals surface area (Å²) in [4.78, 5) is 23.7. The van der Waals surface area contributed by atoms with E-state index in [2.05, 4.69) is 20.4 Å². The van der Waals surface area contributed by atoms with Crippen LogP contribution < -0.4 is 0 Å². The van der Waals surface area contributed by atoms with Crippen LogP contribution in [0.2, 0.25) is 0 Å². The predicted molar refractivity (Wildman–Crippen MR) is 78.0 cm³/mol. The number of hydrogen-bond donors (Lipinski definition) is 0. The van der Waals surface area contributed by atoms with Gasteiger partial charge in [0.05, 0.1) is 5.92 Å². The fraction of sp³-hybridized carbons (Fsp3) is 0.765. The molecule has 0 spiro atoms. The summed E-state index contributed by atoms with van der Waals surface area (Å²) >= 11 is 0. The molecule has 0 N–H and O–H groups in total. The summed E-state index contributed by atoms with van der Waals surface area (Å²) in [6.45, 7) is 11.9. The van der Waals surface area contributed by atoms with Crippen LogP contribution in [0, 0.1) is 29.6 Å². The van der Waals surface area contributed by atoms with Crippen molar-refractivity contribution in [3.8, 4) is 0 Å². The number of fused-ring (bicyclic) bond motifs is 1. The van der Waals surface area contributed by atoms with Gasteiger partial charge in [-0.25, -0.2) is 0 Å². The Labute approximate surface area is 121 Å². The first-order valence-electron chi connectivity index (χ1n) is 7.70. The molecule has 0 aromatic rings. The highest BCUT2D eigenvalue weighted by Crippen LogP contribution is 2.52. The molecular weight excluding hydrogens is 252 g/mol. The van der Waals surface area contributed by atoms with Gasteiger partial charge in [0.2, 0.25) is 0 Å². The van der Waals surface area contributed by atoms with Gasteiger partial charge in [-0.15, -0.1) is 0 Å². The molecule has 3 heteroatoms. The van der Waals surface area contributed by atoms with E-state index in [9.17, 15) is 9.59 Å². The van der Waals surface area contributed by atoms with Crippen molar-refractivity contribution in [1.29, 1.82) is 0 Å². The summed E-state index contributed by atoms with van der Waals surface area (Å²) in [5, 5.41) is 0. The first-order valence-corrected chi connectivity index (χ1v) is 7.70. The number of rotatable bonds is 3. The van der Waals surface area contributed by atoms with Crippen molar-refractivity contribution < 1.29 is 14.3 Å². The highest BCUT2D eigenvalue weighted by atomic mass is 16.5. The molecule has 3 nitrogen and oxygen atoms in total. The average Bonchev–Trinajstić information content (AvgIpc) is 2.66. The van der Waals surface area contributed by atoms with Gasteiger partial charge < -0.3 is 4.74 Å². The average molecular weight is 278 g/mol. The van der Waals surface area contributed by atoms with Gasteiger partial charge >= 0.3 is 5.97 Å². The standard InChI is InChI=1S/C17H26O3/c1-9(2)13-7-6-10(3)14-8-15(19)16(17(13)14)11(4)20-12(5)18/h9,11,13-14,16-17H,3,6-8H2,1-2,4-5H3. The number of esters is 1. The summed E-state index contributed by atoms with van der Waals surface area (Å²) in [5.74, 6) is 1.48. The number of Topliss-reactive ketones (excluding diaryl/α,β-unsaturated/α-hetero) is 1. The molecule has 0 aromatic heterocycles. The van der Waals surface area contributed by atoms with Crippen molar-refractivity contribution in [2.75, 3.05) is 0 Å². The number of ketones is 1. The van der Waals surface area contributed by atoms with Gasteiger partial charge in [-0.05, 0) is 43.4 Å². The quantitative estimate of drug-likeness (QED) is 0.587. The molecule has 2 rings (SSSR count). The van der Waals surface area contributed by atoms with Gasteiger partial charge in [0.15, 0.2) is 0 Å². The van der Waals surface area contributed by atoms with Crippen LogP contribution in [0.3, 0.4) is 0 Å². The molecule has 5 unspecified atom stereocenters. The van der Waals surface area contributed by atoms with Gasteiger partial charge in [-0.3, -0.25) is 9.59 Å². The van der Waals surface area contributed by atoms with Crippen molar-refractivity contribution in [1.82, 2.24) is 0 Å². The molecule has 0 amide bonds. The SMILES string of the molecule is C=C1CCC(C(C)C)C2C1CC(=O)C2C(C)OC(C)=O. The second kappa shape index (κ2) is 5.71. The summed E-state index contributed by atoms with van der Waals surface area (Å²) in [5.41, 5.74) is 1.22. The lowest BCUT2D eigenvalue weighted by molar-refractivity contribution is -0.151. The normalized spacial score (nSPS) is 35.0. The fourth-order valence-corrected chi connectivity index (χ4v) is 4.35. The Morgan fingerprint density at radius 2 is 2.00 bits per heavy atom. The van der Waals surface area contributed by atoms with Crippen LogP contribution in [0.1, 0.15) is 47.0 Å². The van der Waals surface area contributed by atoms with Crippen LogP contribution in [-0.2, 0) is 14.3 Å². The van der Waals surface area contributed by atoms with Crippen LogP contribution in [0.4, 0.5) is 0 Å². The molecule has 2 saturated carbocycles. The highest BCUT2D eigenvalue weighted by Gasteiger charge is 2.52. The van der Waals surface area contributed by atoms with Crippen LogP contribution in [0.5, 0.6) is 0 Å².